The third-order valence-corrected chi connectivity index (χ3v) is 3.87. The van der Waals surface area contributed by atoms with Crippen LogP contribution >= 0.6 is 0 Å². The summed E-state index contributed by atoms with van der Waals surface area (Å²) in [6.45, 7) is 3.93. The number of carbonyl (C=O) groups is 1. The Kier molecular flexibility index (Phi) is 6.02. The number of carbonyl (C=O) groups excluding carboxylic acids is 1. The first-order chi connectivity index (χ1) is 12.0. The fourth-order valence-electron chi connectivity index (χ4n) is 2.73. The predicted octanol–water partition coefficient (Wildman–Crippen LogP) is 3.64. The Labute approximate surface area is 148 Å². The van der Waals surface area contributed by atoms with Crippen LogP contribution in [0.3, 0.4) is 0 Å². The quantitative estimate of drug-likeness (QED) is 0.873. The second-order valence-corrected chi connectivity index (χ2v) is 5.93. The van der Waals surface area contributed by atoms with E-state index in [1.807, 2.05) is 32.0 Å². The first kappa shape index (κ1) is 18.3. The minimum Gasteiger partial charge on any atom is -0.497 e. The highest BCUT2D eigenvalue weighted by Crippen LogP contribution is 2.27. The number of methoxy groups -OCH3 is 2. The SMILES string of the molecule is COc1ccc(OC)c(C[C@@H](C#N)C(=O)Nc2cc(C)cc(C)c2)c1. The zero-order valence-corrected chi connectivity index (χ0v) is 14.9. The van der Waals surface area contributed by atoms with Gasteiger partial charge in [-0.15, -0.1) is 0 Å². The Morgan fingerprint density at radius 1 is 1.12 bits per heavy atom. The lowest BCUT2D eigenvalue weighted by Gasteiger charge is -2.14. The fourth-order valence-corrected chi connectivity index (χ4v) is 2.73. The molecule has 2 aromatic rings. The molecule has 1 amide bonds. The van der Waals surface area contributed by atoms with Crippen LogP contribution in [-0.4, -0.2) is 20.1 Å². The maximum Gasteiger partial charge on any atom is 0.242 e. The summed E-state index contributed by atoms with van der Waals surface area (Å²) in [7, 11) is 3.13. The molecule has 5 heteroatoms. The molecule has 0 aromatic heterocycles. The topological polar surface area (TPSA) is 71.3 Å². The van der Waals surface area contributed by atoms with Gasteiger partial charge in [-0.05, 0) is 60.9 Å². The highest BCUT2D eigenvalue weighted by atomic mass is 16.5. The maximum absolute atomic E-state index is 12.5. The van der Waals surface area contributed by atoms with Gasteiger partial charge < -0.3 is 14.8 Å². The molecule has 0 fully saturated rings. The van der Waals surface area contributed by atoms with E-state index in [1.54, 1.807) is 32.4 Å². The van der Waals surface area contributed by atoms with Crippen molar-refractivity contribution in [1.82, 2.24) is 0 Å². The molecule has 0 bridgehead atoms. The van der Waals surface area contributed by atoms with Crippen molar-refractivity contribution in [1.29, 1.82) is 5.26 Å². The van der Waals surface area contributed by atoms with Gasteiger partial charge in [0.1, 0.15) is 17.4 Å². The highest BCUT2D eigenvalue weighted by Gasteiger charge is 2.21. The van der Waals surface area contributed by atoms with Gasteiger partial charge >= 0.3 is 0 Å². The maximum atomic E-state index is 12.5. The third-order valence-electron chi connectivity index (χ3n) is 3.87. The van der Waals surface area contributed by atoms with Crippen LogP contribution in [0.4, 0.5) is 5.69 Å². The first-order valence-electron chi connectivity index (χ1n) is 7.96. The Hall–Kier alpha value is -3.00. The van der Waals surface area contributed by atoms with Gasteiger partial charge in [-0.1, -0.05) is 6.07 Å². The molecule has 1 atom stereocenters. The minimum absolute atomic E-state index is 0.244. The number of anilines is 1. The lowest BCUT2D eigenvalue weighted by Crippen LogP contribution is -2.23. The lowest BCUT2D eigenvalue weighted by molar-refractivity contribution is -0.118. The van der Waals surface area contributed by atoms with Crippen LogP contribution in [0.2, 0.25) is 0 Å². The van der Waals surface area contributed by atoms with Gasteiger partial charge in [0.25, 0.3) is 0 Å². The van der Waals surface area contributed by atoms with Gasteiger partial charge in [-0.25, -0.2) is 0 Å². The van der Waals surface area contributed by atoms with Crippen molar-refractivity contribution in [2.75, 3.05) is 19.5 Å². The smallest absolute Gasteiger partial charge is 0.242 e. The Morgan fingerprint density at radius 3 is 2.36 bits per heavy atom. The standard InChI is InChI=1S/C20H22N2O3/c1-13-7-14(2)9-17(8-13)22-20(23)16(12-21)10-15-11-18(24-3)5-6-19(15)25-4/h5-9,11,16H,10H2,1-4H3,(H,22,23)/t16-/m0/s1. The van der Waals surface area contributed by atoms with E-state index in [0.29, 0.717) is 17.2 Å². The second kappa shape index (κ2) is 8.20. The number of rotatable bonds is 6. The van der Waals surface area contributed by atoms with Crippen LogP contribution in [-0.2, 0) is 11.2 Å². The first-order valence-corrected chi connectivity index (χ1v) is 7.96. The molecule has 0 aliphatic carbocycles. The number of nitrogens with zero attached hydrogens (tertiary/aromatic N) is 1. The van der Waals surface area contributed by atoms with E-state index in [9.17, 15) is 10.1 Å². The number of nitriles is 1. The molecule has 1 N–H and O–H groups in total. The van der Waals surface area contributed by atoms with Crippen molar-refractivity contribution in [3.8, 4) is 17.6 Å². The molecular formula is C20H22N2O3. The Bertz CT molecular complexity index is 789. The van der Waals surface area contributed by atoms with Crippen molar-refractivity contribution in [2.24, 2.45) is 5.92 Å². The van der Waals surface area contributed by atoms with E-state index < -0.39 is 5.92 Å². The largest absolute Gasteiger partial charge is 0.497 e. The van der Waals surface area contributed by atoms with Crippen molar-refractivity contribution in [3.63, 3.8) is 0 Å². The second-order valence-electron chi connectivity index (χ2n) is 5.93. The van der Waals surface area contributed by atoms with E-state index in [-0.39, 0.29) is 12.3 Å². The Morgan fingerprint density at radius 2 is 1.80 bits per heavy atom. The summed E-state index contributed by atoms with van der Waals surface area (Å²) in [6.07, 6.45) is 0.244. The van der Waals surface area contributed by atoms with Crippen molar-refractivity contribution >= 4 is 11.6 Å². The number of hydrogen-bond donors (Lipinski definition) is 1. The number of hydrogen-bond acceptors (Lipinski definition) is 4. The molecule has 0 unspecified atom stereocenters. The third kappa shape index (κ3) is 4.74. The predicted molar refractivity (Wildman–Crippen MR) is 96.9 cm³/mol. The number of benzene rings is 2. The molecule has 0 aliphatic rings. The van der Waals surface area contributed by atoms with E-state index in [0.717, 1.165) is 16.7 Å². The van der Waals surface area contributed by atoms with Crippen molar-refractivity contribution in [3.05, 3.63) is 53.1 Å². The highest BCUT2D eigenvalue weighted by molar-refractivity contribution is 5.94. The van der Waals surface area contributed by atoms with Crippen molar-refractivity contribution < 1.29 is 14.3 Å². The van der Waals surface area contributed by atoms with E-state index in [1.165, 1.54) is 0 Å². The molecule has 0 saturated carbocycles. The molecule has 130 valence electrons. The minimum atomic E-state index is -0.832. The molecular weight excluding hydrogens is 316 g/mol. The van der Waals surface area contributed by atoms with Crippen LogP contribution in [0.15, 0.2) is 36.4 Å². The van der Waals surface area contributed by atoms with E-state index in [4.69, 9.17) is 9.47 Å². The van der Waals surface area contributed by atoms with Gasteiger partial charge in [-0.2, -0.15) is 5.26 Å². The Balaban J connectivity index is 2.19. The molecule has 0 radical (unpaired) electrons. The molecule has 0 aliphatic heterocycles. The molecule has 2 rings (SSSR count). The van der Waals surface area contributed by atoms with Crippen LogP contribution in [0, 0.1) is 31.1 Å². The number of aryl methyl sites for hydroxylation is 2. The monoisotopic (exact) mass is 338 g/mol. The van der Waals surface area contributed by atoms with Gasteiger partial charge in [-0.3, -0.25) is 4.79 Å². The molecule has 5 nitrogen and oxygen atoms in total. The van der Waals surface area contributed by atoms with Crippen LogP contribution < -0.4 is 14.8 Å². The average molecular weight is 338 g/mol. The van der Waals surface area contributed by atoms with Crippen molar-refractivity contribution in [2.45, 2.75) is 20.3 Å². The summed E-state index contributed by atoms with van der Waals surface area (Å²) in [6, 6.07) is 13.2. The molecule has 2 aromatic carbocycles. The summed E-state index contributed by atoms with van der Waals surface area (Å²) in [5, 5.41) is 12.3. The van der Waals surface area contributed by atoms with E-state index >= 15 is 0 Å². The zero-order valence-electron chi connectivity index (χ0n) is 14.9. The fraction of sp³-hybridized carbons (Fsp3) is 0.300. The van der Waals surface area contributed by atoms with Gasteiger partial charge in [0.15, 0.2) is 0 Å². The summed E-state index contributed by atoms with van der Waals surface area (Å²) in [5.74, 6) is 0.113. The summed E-state index contributed by atoms with van der Waals surface area (Å²) < 4.78 is 10.5. The van der Waals surface area contributed by atoms with Gasteiger partial charge in [0.2, 0.25) is 5.91 Å². The van der Waals surface area contributed by atoms with Crippen LogP contribution in [0.5, 0.6) is 11.5 Å². The number of nitrogens with one attached hydrogen (secondary N) is 1. The normalized spacial score (nSPS) is 11.3. The lowest BCUT2D eigenvalue weighted by atomic mass is 9.98. The average Bonchev–Trinajstić information content (AvgIpc) is 2.58. The molecule has 0 saturated heterocycles. The molecule has 25 heavy (non-hydrogen) atoms. The van der Waals surface area contributed by atoms with Gasteiger partial charge in [0, 0.05) is 12.1 Å². The van der Waals surface area contributed by atoms with E-state index in [2.05, 4.69) is 11.4 Å². The zero-order chi connectivity index (χ0) is 18.4. The summed E-state index contributed by atoms with van der Waals surface area (Å²) in [5.41, 5.74) is 3.56. The number of amides is 1. The van der Waals surface area contributed by atoms with Gasteiger partial charge in [0.05, 0.1) is 20.3 Å². The van der Waals surface area contributed by atoms with Crippen LogP contribution in [0.1, 0.15) is 16.7 Å². The summed E-state index contributed by atoms with van der Waals surface area (Å²) >= 11 is 0. The van der Waals surface area contributed by atoms with Crippen LogP contribution in [0.25, 0.3) is 0 Å². The molecule has 0 spiro atoms. The molecule has 0 heterocycles. The summed E-state index contributed by atoms with van der Waals surface area (Å²) in [4.78, 5) is 12.5. The number of ether oxygens (including phenoxy) is 2.